The Kier molecular flexibility index (Phi) is 7.78. The number of hydrogen-bond donors (Lipinski definition) is 0. The molecule has 20 heavy (non-hydrogen) atoms. The Balaban J connectivity index is 4.01. The van der Waals surface area contributed by atoms with Crippen LogP contribution in [0.25, 0.3) is 0 Å². The molecule has 118 valence electrons. The van der Waals surface area contributed by atoms with Crippen molar-refractivity contribution in [3.8, 4) is 0 Å². The molecule has 0 unspecified atom stereocenters. The molecule has 0 spiro atoms. The Morgan fingerprint density at radius 3 is 2.30 bits per heavy atom. The highest BCUT2D eigenvalue weighted by Crippen LogP contribution is 2.18. The van der Waals surface area contributed by atoms with E-state index in [1.54, 1.807) is 20.8 Å². The van der Waals surface area contributed by atoms with E-state index in [0.717, 1.165) is 18.4 Å². The van der Waals surface area contributed by atoms with Gasteiger partial charge in [-0.25, -0.2) is 9.68 Å². The Morgan fingerprint density at radius 2 is 1.80 bits per heavy atom. The maximum Gasteiger partial charge on any atom is 0.545 e. The summed E-state index contributed by atoms with van der Waals surface area (Å²) in [6, 6.07) is 0. The summed E-state index contributed by atoms with van der Waals surface area (Å²) < 4.78 is 10.3. The molecule has 0 saturated carbocycles. The van der Waals surface area contributed by atoms with Crippen LogP contribution in [-0.4, -0.2) is 24.2 Å². The maximum absolute atomic E-state index is 11.4. The fourth-order valence-electron chi connectivity index (χ4n) is 1.32. The van der Waals surface area contributed by atoms with Gasteiger partial charge in [-0.2, -0.15) is 4.89 Å². The lowest BCUT2D eigenvalue weighted by molar-refractivity contribution is -0.519. The summed E-state index contributed by atoms with van der Waals surface area (Å²) in [5.41, 5.74) is 0.275. The van der Waals surface area contributed by atoms with Crippen molar-refractivity contribution in [1.29, 1.82) is 0 Å². The molecule has 0 aromatic heterocycles. The van der Waals surface area contributed by atoms with Gasteiger partial charge in [0.25, 0.3) is 0 Å². The molecule has 0 aromatic rings. The molecule has 0 saturated heterocycles. The van der Waals surface area contributed by atoms with Gasteiger partial charge in [-0.15, -0.1) is 0 Å². The van der Waals surface area contributed by atoms with Crippen molar-refractivity contribution in [2.24, 2.45) is 0 Å². The van der Waals surface area contributed by atoms with E-state index in [0.29, 0.717) is 0 Å². The second-order valence-electron chi connectivity index (χ2n) is 5.74. The molecule has 0 amide bonds. The Labute approximate surface area is 120 Å². The van der Waals surface area contributed by atoms with Crippen molar-refractivity contribution < 1.29 is 29.1 Å². The third-order valence-electron chi connectivity index (χ3n) is 2.21. The minimum absolute atomic E-state index is 0.279. The topological polar surface area (TPSA) is 63.2 Å². The largest absolute Gasteiger partial charge is 0.545 e. The highest BCUT2D eigenvalue weighted by Gasteiger charge is 2.26. The number of hydrogen-bond acceptors (Lipinski definition) is 6. The summed E-state index contributed by atoms with van der Waals surface area (Å²) in [4.78, 5) is 20.8. The Morgan fingerprint density at radius 1 is 1.20 bits per heavy atom. The van der Waals surface area contributed by atoms with Crippen LogP contribution in [0.5, 0.6) is 0 Å². The first-order valence-electron chi connectivity index (χ1n) is 6.61. The second-order valence-corrected chi connectivity index (χ2v) is 5.74. The van der Waals surface area contributed by atoms with Gasteiger partial charge in [0.15, 0.2) is 0 Å². The normalized spacial score (nSPS) is 12.1. The summed E-state index contributed by atoms with van der Waals surface area (Å²) in [5, 5.41) is 4.44. The van der Waals surface area contributed by atoms with Gasteiger partial charge >= 0.3 is 6.16 Å². The number of carbonyl (C=O) groups excluding carboxylic acids is 1. The second kappa shape index (κ2) is 8.24. The molecular weight excluding hydrogens is 264 g/mol. The molecule has 0 radical (unpaired) electrons. The van der Waals surface area contributed by atoms with Crippen LogP contribution >= 0.6 is 0 Å². The van der Waals surface area contributed by atoms with E-state index in [-0.39, 0.29) is 6.61 Å². The SMILES string of the molecule is C=C(C)COC(C)(C)OC(=O)OOOC(C)(C)CCC. The molecule has 0 aliphatic rings. The van der Waals surface area contributed by atoms with Gasteiger partial charge in [0.05, 0.1) is 6.61 Å². The Hall–Kier alpha value is -1.11. The third-order valence-corrected chi connectivity index (χ3v) is 2.21. The molecule has 0 rings (SSSR count). The van der Waals surface area contributed by atoms with Gasteiger partial charge in [0.2, 0.25) is 5.79 Å². The number of carbonyl (C=O) groups is 1. The zero-order valence-corrected chi connectivity index (χ0v) is 13.3. The quantitative estimate of drug-likeness (QED) is 0.211. The Bertz CT molecular complexity index is 322. The lowest BCUT2D eigenvalue weighted by Gasteiger charge is -2.25. The summed E-state index contributed by atoms with van der Waals surface area (Å²) >= 11 is 0. The number of rotatable bonds is 9. The molecule has 0 atom stereocenters. The molecule has 0 fully saturated rings. The molecule has 0 aromatic carbocycles. The maximum atomic E-state index is 11.4. The van der Waals surface area contributed by atoms with Crippen LogP contribution in [0.4, 0.5) is 4.79 Å². The van der Waals surface area contributed by atoms with E-state index in [1.165, 1.54) is 0 Å². The number of ether oxygens (including phenoxy) is 2. The molecule has 0 heterocycles. The zero-order chi connectivity index (χ0) is 15.8. The smallest absolute Gasteiger partial charge is 0.400 e. The van der Waals surface area contributed by atoms with Gasteiger partial charge in [0.1, 0.15) is 5.60 Å². The first-order chi connectivity index (χ1) is 9.08. The molecule has 0 aliphatic heterocycles. The van der Waals surface area contributed by atoms with E-state index in [2.05, 4.69) is 16.5 Å². The van der Waals surface area contributed by atoms with Crippen LogP contribution in [0.3, 0.4) is 0 Å². The average Bonchev–Trinajstić information content (AvgIpc) is 2.25. The van der Waals surface area contributed by atoms with Crippen molar-refractivity contribution in [3.63, 3.8) is 0 Å². The molecule has 0 bridgehead atoms. The summed E-state index contributed by atoms with van der Waals surface area (Å²) in [6.07, 6.45) is 0.644. The van der Waals surface area contributed by atoms with Gasteiger partial charge < -0.3 is 9.47 Å². The summed E-state index contributed by atoms with van der Waals surface area (Å²) in [7, 11) is 0. The van der Waals surface area contributed by atoms with Crippen LogP contribution in [0, 0.1) is 0 Å². The van der Waals surface area contributed by atoms with Gasteiger partial charge in [-0.1, -0.05) is 25.5 Å². The van der Waals surface area contributed by atoms with Crippen LogP contribution < -0.4 is 0 Å². The third kappa shape index (κ3) is 9.77. The van der Waals surface area contributed by atoms with Crippen molar-refractivity contribution in [3.05, 3.63) is 12.2 Å². The van der Waals surface area contributed by atoms with Crippen LogP contribution in [-0.2, 0) is 24.3 Å². The van der Waals surface area contributed by atoms with Crippen molar-refractivity contribution in [2.45, 2.75) is 65.8 Å². The summed E-state index contributed by atoms with van der Waals surface area (Å²) in [6.45, 7) is 14.6. The van der Waals surface area contributed by atoms with Crippen LogP contribution in [0.2, 0.25) is 0 Å². The van der Waals surface area contributed by atoms with Crippen LogP contribution in [0.1, 0.15) is 54.4 Å². The van der Waals surface area contributed by atoms with E-state index >= 15 is 0 Å². The van der Waals surface area contributed by atoms with E-state index < -0.39 is 17.5 Å². The van der Waals surface area contributed by atoms with E-state index in [9.17, 15) is 4.79 Å². The van der Waals surface area contributed by atoms with Gasteiger partial charge in [-0.05, 0) is 32.2 Å². The highest BCUT2D eigenvalue weighted by molar-refractivity contribution is 5.59. The fraction of sp³-hybridized carbons (Fsp3) is 0.786. The lowest BCUT2D eigenvalue weighted by Crippen LogP contribution is -2.33. The predicted octanol–water partition coefficient (Wildman–Crippen LogP) is 3.91. The van der Waals surface area contributed by atoms with Crippen molar-refractivity contribution in [1.82, 2.24) is 0 Å². The van der Waals surface area contributed by atoms with E-state index in [4.69, 9.17) is 14.4 Å². The van der Waals surface area contributed by atoms with Gasteiger partial charge in [0, 0.05) is 13.8 Å². The molecule has 6 nitrogen and oxygen atoms in total. The minimum atomic E-state index is -1.14. The zero-order valence-electron chi connectivity index (χ0n) is 13.3. The lowest BCUT2D eigenvalue weighted by atomic mass is 10.0. The first kappa shape index (κ1) is 18.9. The van der Waals surface area contributed by atoms with E-state index in [1.807, 2.05) is 20.8 Å². The fourth-order valence-corrected chi connectivity index (χ4v) is 1.32. The van der Waals surface area contributed by atoms with Gasteiger partial charge in [-0.3, -0.25) is 0 Å². The molecule has 0 aliphatic carbocycles. The summed E-state index contributed by atoms with van der Waals surface area (Å²) in [5.74, 6) is -1.14. The molecular formula is C14H26O6. The highest BCUT2D eigenvalue weighted by atomic mass is 17.5. The monoisotopic (exact) mass is 290 g/mol. The van der Waals surface area contributed by atoms with Crippen molar-refractivity contribution >= 4 is 6.16 Å². The molecule has 6 heteroatoms. The average molecular weight is 290 g/mol. The first-order valence-corrected chi connectivity index (χ1v) is 6.61. The van der Waals surface area contributed by atoms with Crippen LogP contribution in [0.15, 0.2) is 12.2 Å². The predicted molar refractivity (Wildman–Crippen MR) is 73.6 cm³/mol. The minimum Gasteiger partial charge on any atom is -0.400 e. The van der Waals surface area contributed by atoms with Crippen molar-refractivity contribution in [2.75, 3.05) is 6.61 Å². The standard InChI is InChI=1S/C14H26O6/c1-8-9-13(4,5)19-20-18-12(15)17-14(6,7)16-10-11(2)3/h2,8-10H2,1,3-7H3. The molecule has 0 N–H and O–H groups in total.